The van der Waals surface area contributed by atoms with Crippen LogP contribution in [0, 0.1) is 0 Å². The van der Waals surface area contributed by atoms with Crippen molar-refractivity contribution >= 4 is 0 Å². The number of benzene rings is 1. The van der Waals surface area contributed by atoms with Crippen LogP contribution in [0.5, 0.6) is 0 Å². The number of hydrogen-bond donors (Lipinski definition) is 1. The largest absolute Gasteiger partial charge is 0.375 e. The van der Waals surface area contributed by atoms with Gasteiger partial charge in [0, 0.05) is 19.7 Å². The van der Waals surface area contributed by atoms with E-state index in [1.165, 1.54) is 24.0 Å². The summed E-state index contributed by atoms with van der Waals surface area (Å²) in [5, 5.41) is 3.47. The Morgan fingerprint density at radius 3 is 2.44 bits per heavy atom. The van der Waals surface area contributed by atoms with Crippen molar-refractivity contribution in [1.29, 1.82) is 0 Å². The second-order valence-electron chi connectivity index (χ2n) is 5.81. The molecule has 0 bridgehead atoms. The van der Waals surface area contributed by atoms with Crippen molar-refractivity contribution in [2.75, 3.05) is 13.2 Å². The van der Waals surface area contributed by atoms with E-state index in [0.717, 1.165) is 25.6 Å². The van der Waals surface area contributed by atoms with Crippen LogP contribution in [0.3, 0.4) is 0 Å². The molecule has 18 heavy (non-hydrogen) atoms. The minimum atomic E-state index is -0.0807. The minimum absolute atomic E-state index is 0.0807. The average Bonchev–Trinajstić information content (AvgIpc) is 3.13. The Labute approximate surface area is 111 Å². The van der Waals surface area contributed by atoms with E-state index in [2.05, 4.69) is 43.4 Å². The third-order valence-corrected chi connectivity index (χ3v) is 3.44. The zero-order valence-corrected chi connectivity index (χ0v) is 11.8. The number of hydrogen-bond acceptors (Lipinski definition) is 2. The van der Waals surface area contributed by atoms with Gasteiger partial charge in [-0.15, -0.1) is 0 Å². The van der Waals surface area contributed by atoms with Gasteiger partial charge in [0.25, 0.3) is 0 Å². The van der Waals surface area contributed by atoms with E-state index in [1.807, 2.05) is 6.92 Å². The second-order valence-corrected chi connectivity index (χ2v) is 5.81. The molecule has 1 aliphatic rings. The number of ether oxygens (including phenoxy) is 1. The lowest BCUT2D eigenvalue weighted by Crippen LogP contribution is -2.37. The van der Waals surface area contributed by atoms with Gasteiger partial charge in [-0.2, -0.15) is 0 Å². The van der Waals surface area contributed by atoms with E-state index in [0.29, 0.717) is 0 Å². The van der Waals surface area contributed by atoms with E-state index in [1.54, 1.807) is 0 Å². The summed E-state index contributed by atoms with van der Waals surface area (Å²) >= 11 is 0. The summed E-state index contributed by atoms with van der Waals surface area (Å²) in [6.45, 7) is 8.86. The predicted octanol–water partition coefficient (Wildman–Crippen LogP) is 3.47. The van der Waals surface area contributed by atoms with E-state index >= 15 is 0 Å². The molecule has 0 spiro atoms. The minimum Gasteiger partial charge on any atom is -0.375 e. The molecule has 1 fully saturated rings. The zero-order chi connectivity index (χ0) is 13.0. The van der Waals surface area contributed by atoms with E-state index < -0.39 is 0 Å². The molecule has 2 rings (SSSR count). The molecule has 1 aromatic rings. The SMILES string of the molecule is CCOC(C)(C)CNCc1ccc(C2CC2)cc1. The predicted molar refractivity (Wildman–Crippen MR) is 75.8 cm³/mol. The Balaban J connectivity index is 1.75. The third kappa shape index (κ3) is 4.11. The van der Waals surface area contributed by atoms with Crippen LogP contribution in [-0.2, 0) is 11.3 Å². The van der Waals surface area contributed by atoms with Crippen molar-refractivity contribution < 1.29 is 4.74 Å². The summed E-state index contributed by atoms with van der Waals surface area (Å²) in [6, 6.07) is 9.05. The molecule has 0 atom stereocenters. The first-order chi connectivity index (χ1) is 8.61. The van der Waals surface area contributed by atoms with Crippen molar-refractivity contribution in [2.45, 2.75) is 51.7 Å². The molecule has 0 aliphatic heterocycles. The third-order valence-electron chi connectivity index (χ3n) is 3.44. The van der Waals surface area contributed by atoms with Crippen molar-refractivity contribution in [3.05, 3.63) is 35.4 Å². The highest BCUT2D eigenvalue weighted by atomic mass is 16.5. The van der Waals surface area contributed by atoms with Crippen LogP contribution in [-0.4, -0.2) is 18.8 Å². The molecule has 0 radical (unpaired) electrons. The quantitative estimate of drug-likeness (QED) is 0.796. The van der Waals surface area contributed by atoms with Gasteiger partial charge in [-0.25, -0.2) is 0 Å². The molecule has 0 amide bonds. The van der Waals surface area contributed by atoms with Gasteiger partial charge < -0.3 is 10.1 Å². The molecule has 0 unspecified atom stereocenters. The van der Waals surface area contributed by atoms with Gasteiger partial charge in [-0.05, 0) is 50.7 Å². The molecule has 0 saturated heterocycles. The summed E-state index contributed by atoms with van der Waals surface area (Å²) in [4.78, 5) is 0. The molecule has 1 N–H and O–H groups in total. The van der Waals surface area contributed by atoms with Crippen molar-refractivity contribution in [2.24, 2.45) is 0 Å². The van der Waals surface area contributed by atoms with Gasteiger partial charge in [-0.3, -0.25) is 0 Å². The highest BCUT2D eigenvalue weighted by Gasteiger charge is 2.22. The lowest BCUT2D eigenvalue weighted by molar-refractivity contribution is -0.00897. The van der Waals surface area contributed by atoms with Crippen molar-refractivity contribution in [3.8, 4) is 0 Å². The van der Waals surface area contributed by atoms with Crippen molar-refractivity contribution in [1.82, 2.24) is 5.32 Å². The molecule has 0 aromatic heterocycles. The van der Waals surface area contributed by atoms with Crippen LogP contribution in [0.25, 0.3) is 0 Å². The smallest absolute Gasteiger partial charge is 0.0750 e. The fourth-order valence-corrected chi connectivity index (χ4v) is 2.27. The van der Waals surface area contributed by atoms with Gasteiger partial charge in [0.05, 0.1) is 5.60 Å². The Kier molecular flexibility index (Phi) is 4.41. The first-order valence-electron chi connectivity index (χ1n) is 7.04. The van der Waals surface area contributed by atoms with E-state index in [4.69, 9.17) is 4.74 Å². The Bertz CT molecular complexity index is 365. The fraction of sp³-hybridized carbons (Fsp3) is 0.625. The second kappa shape index (κ2) is 5.85. The van der Waals surface area contributed by atoms with E-state index in [9.17, 15) is 0 Å². The Morgan fingerprint density at radius 1 is 1.22 bits per heavy atom. The normalized spacial score (nSPS) is 15.9. The molecule has 2 nitrogen and oxygen atoms in total. The average molecular weight is 247 g/mol. The zero-order valence-electron chi connectivity index (χ0n) is 11.8. The highest BCUT2D eigenvalue weighted by molar-refractivity contribution is 5.27. The van der Waals surface area contributed by atoms with Gasteiger partial charge in [0.1, 0.15) is 0 Å². The maximum absolute atomic E-state index is 5.66. The van der Waals surface area contributed by atoms with Crippen LogP contribution in [0.1, 0.15) is 50.7 Å². The summed E-state index contributed by atoms with van der Waals surface area (Å²) in [5.41, 5.74) is 2.78. The fourth-order valence-electron chi connectivity index (χ4n) is 2.27. The van der Waals surface area contributed by atoms with Gasteiger partial charge >= 0.3 is 0 Å². The summed E-state index contributed by atoms with van der Waals surface area (Å²) in [7, 11) is 0. The first kappa shape index (κ1) is 13.6. The topological polar surface area (TPSA) is 21.3 Å². The van der Waals surface area contributed by atoms with Crippen LogP contribution >= 0.6 is 0 Å². The molecule has 1 aliphatic carbocycles. The molecular weight excluding hydrogens is 222 g/mol. The molecule has 100 valence electrons. The summed E-state index contributed by atoms with van der Waals surface area (Å²) in [5.74, 6) is 0.851. The number of nitrogens with one attached hydrogen (secondary N) is 1. The summed E-state index contributed by atoms with van der Waals surface area (Å²) in [6.07, 6.45) is 2.75. The maximum atomic E-state index is 5.66. The molecular formula is C16H25NO. The van der Waals surface area contributed by atoms with Crippen molar-refractivity contribution in [3.63, 3.8) is 0 Å². The van der Waals surface area contributed by atoms with Crippen LogP contribution < -0.4 is 5.32 Å². The van der Waals surface area contributed by atoms with Gasteiger partial charge in [-0.1, -0.05) is 24.3 Å². The van der Waals surface area contributed by atoms with Crippen LogP contribution in [0.15, 0.2) is 24.3 Å². The monoisotopic (exact) mass is 247 g/mol. The summed E-state index contributed by atoms with van der Waals surface area (Å²) < 4.78 is 5.66. The lowest BCUT2D eigenvalue weighted by Gasteiger charge is -2.25. The molecule has 1 aromatic carbocycles. The standard InChI is InChI=1S/C16H25NO/c1-4-18-16(2,3)12-17-11-13-5-7-14(8-6-13)15-9-10-15/h5-8,15,17H,4,9-12H2,1-3H3. The highest BCUT2D eigenvalue weighted by Crippen LogP contribution is 2.39. The molecule has 1 saturated carbocycles. The maximum Gasteiger partial charge on any atom is 0.0750 e. The van der Waals surface area contributed by atoms with Crippen LogP contribution in [0.2, 0.25) is 0 Å². The van der Waals surface area contributed by atoms with Gasteiger partial charge in [0.2, 0.25) is 0 Å². The molecule has 0 heterocycles. The lowest BCUT2D eigenvalue weighted by atomic mass is 10.1. The number of rotatable bonds is 7. The van der Waals surface area contributed by atoms with E-state index in [-0.39, 0.29) is 5.60 Å². The molecule has 2 heteroatoms. The first-order valence-corrected chi connectivity index (χ1v) is 7.04. The Hall–Kier alpha value is -0.860. The van der Waals surface area contributed by atoms with Crippen LogP contribution in [0.4, 0.5) is 0 Å². The Morgan fingerprint density at radius 2 is 1.89 bits per heavy atom. The van der Waals surface area contributed by atoms with Gasteiger partial charge in [0.15, 0.2) is 0 Å².